The van der Waals surface area contributed by atoms with Gasteiger partial charge in [0.1, 0.15) is 11.6 Å². The van der Waals surface area contributed by atoms with E-state index in [9.17, 15) is 13.6 Å². The number of pyridine rings is 1. The van der Waals surface area contributed by atoms with Crippen LogP contribution in [0.2, 0.25) is 0 Å². The molecule has 1 heterocycles. The van der Waals surface area contributed by atoms with Crippen molar-refractivity contribution in [3.05, 3.63) is 71.3 Å². The number of aliphatic carboxylic acids is 1. The number of hydrogen-bond donors (Lipinski definition) is 3. The molecule has 1 atom stereocenters. The molecule has 2 aromatic carbocycles. The lowest BCUT2D eigenvalue weighted by atomic mass is 10.0. The number of halogens is 2. The van der Waals surface area contributed by atoms with E-state index in [4.69, 9.17) is 25.7 Å². The predicted molar refractivity (Wildman–Crippen MR) is 114 cm³/mol. The van der Waals surface area contributed by atoms with Gasteiger partial charge in [0.15, 0.2) is 17.7 Å². The van der Waals surface area contributed by atoms with Crippen molar-refractivity contribution in [3.8, 4) is 28.6 Å². The maximum absolute atomic E-state index is 14.3. The fraction of sp³-hybridized carbons (Fsp3) is 0.174. The van der Waals surface area contributed by atoms with Gasteiger partial charge in [0, 0.05) is 11.6 Å². The van der Waals surface area contributed by atoms with Crippen LogP contribution in [0.15, 0.2) is 48.5 Å². The van der Waals surface area contributed by atoms with Gasteiger partial charge in [0.25, 0.3) is 11.8 Å². The first-order valence-electron chi connectivity index (χ1n) is 9.67. The number of hydrogen-bond acceptors (Lipinski definition) is 5. The highest BCUT2D eigenvalue weighted by atomic mass is 19.1. The van der Waals surface area contributed by atoms with Gasteiger partial charge in [0.05, 0.1) is 0 Å². The van der Waals surface area contributed by atoms with E-state index < -0.39 is 35.5 Å². The number of carbonyl (C=O) groups is 1. The summed E-state index contributed by atoms with van der Waals surface area (Å²) in [6.45, 7) is 3.36. The van der Waals surface area contributed by atoms with Crippen LogP contribution in [0.3, 0.4) is 0 Å². The van der Waals surface area contributed by atoms with Crippen LogP contribution in [0, 0.1) is 24.0 Å². The number of nitrogens with two attached hydrogens (primary N) is 1. The minimum atomic E-state index is -1.34. The Kier molecular flexibility index (Phi) is 6.67. The molecule has 3 aromatic rings. The Morgan fingerprint density at radius 2 is 1.84 bits per heavy atom. The average Bonchev–Trinajstić information content (AvgIpc) is 2.74. The van der Waals surface area contributed by atoms with E-state index in [0.717, 1.165) is 16.7 Å². The summed E-state index contributed by atoms with van der Waals surface area (Å²) in [6, 6.07) is 12.7. The molecular weight excluding hydrogens is 420 g/mol. The summed E-state index contributed by atoms with van der Waals surface area (Å²) in [7, 11) is 0. The number of rotatable bonds is 8. The highest BCUT2D eigenvalue weighted by Crippen LogP contribution is 2.32. The van der Waals surface area contributed by atoms with E-state index in [1.807, 2.05) is 19.1 Å². The second-order valence-corrected chi connectivity index (χ2v) is 7.05. The van der Waals surface area contributed by atoms with E-state index in [1.54, 1.807) is 37.3 Å². The SMILES string of the molecule is CC[C@@H](Oc1nc(Oc2cc(C)cc(-c3cccc(C(=N)N)c3)c2)c(F)cc1F)C(=O)O. The molecule has 0 saturated carbocycles. The maximum Gasteiger partial charge on any atom is 0.344 e. The smallest absolute Gasteiger partial charge is 0.344 e. The zero-order valence-electron chi connectivity index (χ0n) is 17.4. The Hall–Kier alpha value is -4.01. The summed E-state index contributed by atoms with van der Waals surface area (Å²) in [5, 5.41) is 16.7. The minimum absolute atomic E-state index is 0.0601. The fourth-order valence-corrected chi connectivity index (χ4v) is 2.98. The Labute approximate surface area is 182 Å². The zero-order valence-corrected chi connectivity index (χ0v) is 17.4. The average molecular weight is 441 g/mol. The first-order chi connectivity index (χ1) is 15.2. The van der Waals surface area contributed by atoms with Crippen molar-refractivity contribution in [1.82, 2.24) is 4.98 Å². The predicted octanol–water partition coefficient (Wildman–Crippen LogP) is 4.65. The first-order valence-corrected chi connectivity index (χ1v) is 9.67. The Morgan fingerprint density at radius 3 is 2.50 bits per heavy atom. The normalized spacial score (nSPS) is 11.6. The van der Waals surface area contributed by atoms with E-state index in [-0.39, 0.29) is 18.0 Å². The lowest BCUT2D eigenvalue weighted by molar-refractivity contribution is -0.145. The minimum Gasteiger partial charge on any atom is -0.479 e. The number of aryl methyl sites for hydroxylation is 1. The van der Waals surface area contributed by atoms with Gasteiger partial charge in [-0.1, -0.05) is 31.2 Å². The van der Waals surface area contributed by atoms with Crippen LogP contribution in [-0.4, -0.2) is 28.0 Å². The van der Waals surface area contributed by atoms with Gasteiger partial charge >= 0.3 is 5.97 Å². The van der Waals surface area contributed by atoms with Crippen molar-refractivity contribution >= 4 is 11.8 Å². The molecule has 0 radical (unpaired) electrons. The number of amidine groups is 1. The van der Waals surface area contributed by atoms with Crippen LogP contribution in [0.5, 0.6) is 17.5 Å². The third-order valence-electron chi connectivity index (χ3n) is 4.54. The Bertz CT molecular complexity index is 1180. The quantitative estimate of drug-likeness (QED) is 0.346. The number of nitrogens with one attached hydrogen (secondary N) is 1. The summed E-state index contributed by atoms with van der Waals surface area (Å²) in [5.41, 5.74) is 8.38. The summed E-state index contributed by atoms with van der Waals surface area (Å²) in [4.78, 5) is 14.9. The molecule has 32 heavy (non-hydrogen) atoms. The molecule has 0 aliphatic rings. The van der Waals surface area contributed by atoms with Gasteiger partial charge in [-0.2, -0.15) is 4.98 Å². The van der Waals surface area contributed by atoms with Gasteiger partial charge in [-0.15, -0.1) is 0 Å². The van der Waals surface area contributed by atoms with Gasteiger partial charge < -0.3 is 20.3 Å². The van der Waals surface area contributed by atoms with Crippen molar-refractivity contribution in [2.45, 2.75) is 26.4 Å². The molecule has 166 valence electrons. The standard InChI is InChI=1S/C23H21F2N3O4/c1-3-19(23(29)30)32-22-18(25)11-17(24)21(28-22)31-16-8-12(2)7-15(10-16)13-5-4-6-14(9-13)20(26)27/h4-11,19H,3H2,1-2H3,(H3,26,27)(H,29,30)/t19-/m1/s1. The molecule has 7 nitrogen and oxygen atoms in total. The molecule has 0 fully saturated rings. The number of carboxylic acids is 1. The second-order valence-electron chi connectivity index (χ2n) is 7.05. The van der Waals surface area contributed by atoms with Crippen molar-refractivity contribution < 1.29 is 28.2 Å². The van der Waals surface area contributed by atoms with E-state index >= 15 is 0 Å². The van der Waals surface area contributed by atoms with Gasteiger partial charge in [-0.25, -0.2) is 13.6 Å². The van der Waals surface area contributed by atoms with Crippen LogP contribution >= 0.6 is 0 Å². The van der Waals surface area contributed by atoms with Crippen molar-refractivity contribution in [2.24, 2.45) is 5.73 Å². The molecule has 0 unspecified atom stereocenters. The molecule has 1 aromatic heterocycles. The Balaban J connectivity index is 1.95. The van der Waals surface area contributed by atoms with Gasteiger partial charge in [0.2, 0.25) is 0 Å². The highest BCUT2D eigenvalue weighted by Gasteiger charge is 2.22. The molecule has 0 aliphatic carbocycles. The fourth-order valence-electron chi connectivity index (χ4n) is 2.98. The third-order valence-corrected chi connectivity index (χ3v) is 4.54. The van der Waals surface area contributed by atoms with Crippen molar-refractivity contribution in [1.29, 1.82) is 5.41 Å². The summed E-state index contributed by atoms with van der Waals surface area (Å²) in [5.74, 6) is -4.58. The molecule has 0 bridgehead atoms. The maximum atomic E-state index is 14.3. The number of benzene rings is 2. The molecule has 0 amide bonds. The largest absolute Gasteiger partial charge is 0.479 e. The molecule has 4 N–H and O–H groups in total. The van der Waals surface area contributed by atoms with Crippen LogP contribution in [0.1, 0.15) is 24.5 Å². The van der Waals surface area contributed by atoms with E-state index in [2.05, 4.69) is 4.98 Å². The lowest BCUT2D eigenvalue weighted by Crippen LogP contribution is -2.26. The first kappa shape index (κ1) is 22.7. The number of carboxylic acid groups (broad SMARTS) is 1. The molecule has 3 rings (SSSR count). The molecule has 0 spiro atoms. The van der Waals surface area contributed by atoms with E-state index in [0.29, 0.717) is 11.6 Å². The van der Waals surface area contributed by atoms with Crippen LogP contribution < -0.4 is 15.2 Å². The summed E-state index contributed by atoms with van der Waals surface area (Å²) >= 11 is 0. The number of nitrogen functional groups attached to an aromatic ring is 1. The number of nitrogens with zero attached hydrogens (tertiary/aromatic N) is 1. The van der Waals surface area contributed by atoms with Crippen molar-refractivity contribution in [3.63, 3.8) is 0 Å². The molecule has 0 saturated heterocycles. The van der Waals surface area contributed by atoms with E-state index in [1.165, 1.54) is 0 Å². The molecule has 9 heteroatoms. The second kappa shape index (κ2) is 9.42. The third kappa shape index (κ3) is 5.18. The van der Waals surface area contributed by atoms with Crippen LogP contribution in [0.25, 0.3) is 11.1 Å². The number of aromatic nitrogens is 1. The summed E-state index contributed by atoms with van der Waals surface area (Å²) < 4.78 is 39.0. The molecular formula is C23H21F2N3O4. The molecule has 0 aliphatic heterocycles. The van der Waals surface area contributed by atoms with Crippen LogP contribution in [-0.2, 0) is 4.79 Å². The monoisotopic (exact) mass is 441 g/mol. The zero-order chi connectivity index (χ0) is 23.4. The highest BCUT2D eigenvalue weighted by molar-refractivity contribution is 5.96. The van der Waals surface area contributed by atoms with Crippen LogP contribution in [0.4, 0.5) is 8.78 Å². The Morgan fingerprint density at radius 1 is 1.12 bits per heavy atom. The number of ether oxygens (including phenoxy) is 2. The van der Waals surface area contributed by atoms with Crippen molar-refractivity contribution in [2.75, 3.05) is 0 Å². The van der Waals surface area contributed by atoms with Gasteiger partial charge in [-0.3, -0.25) is 5.41 Å². The lowest BCUT2D eigenvalue weighted by Gasteiger charge is -2.15. The topological polar surface area (TPSA) is 119 Å². The summed E-state index contributed by atoms with van der Waals surface area (Å²) in [6.07, 6.45) is -1.28. The van der Waals surface area contributed by atoms with Gasteiger partial charge in [-0.05, 0) is 48.2 Å².